The molecule has 2 aliphatic heterocycles. The van der Waals surface area contributed by atoms with E-state index in [1.807, 2.05) is 13.0 Å². The average Bonchev–Trinajstić information content (AvgIpc) is 3.67. The van der Waals surface area contributed by atoms with Crippen molar-refractivity contribution in [1.82, 2.24) is 10.6 Å². The first-order valence-electron chi connectivity index (χ1n) is 16.7. The van der Waals surface area contributed by atoms with Crippen LogP contribution in [0.3, 0.4) is 0 Å². The molecule has 4 unspecified atom stereocenters. The zero-order valence-electron chi connectivity index (χ0n) is 25.6. The SMILES string of the molecule is CC1Cc2cc(C3=NOC4CC(CO)CC34)cc(C(=O)N[C@H]3[C@@H](C(=O)N[C@H](C)C4(C)CC4)[C@H]4CC[C@@H]3/C4=C\C3CC3)c2O1. The number of amides is 2. The van der Waals surface area contributed by atoms with Crippen molar-refractivity contribution in [2.45, 2.75) is 103 Å². The zero-order chi connectivity index (χ0) is 29.6. The van der Waals surface area contributed by atoms with E-state index in [1.165, 1.54) is 18.4 Å². The minimum absolute atomic E-state index is 0.0156. The number of benzene rings is 1. The van der Waals surface area contributed by atoms with Crippen LogP contribution in [0.4, 0.5) is 0 Å². The molecule has 3 N–H and O–H groups in total. The van der Waals surface area contributed by atoms with Gasteiger partial charge in [0.15, 0.2) is 0 Å². The van der Waals surface area contributed by atoms with E-state index in [0.29, 0.717) is 17.2 Å². The Bertz CT molecular complexity index is 1410. The molecule has 9 atom stereocenters. The van der Waals surface area contributed by atoms with E-state index in [4.69, 9.17) is 9.57 Å². The monoisotopic (exact) mass is 587 g/mol. The zero-order valence-corrected chi connectivity index (χ0v) is 25.6. The van der Waals surface area contributed by atoms with Crippen LogP contribution in [0, 0.1) is 40.9 Å². The van der Waals surface area contributed by atoms with E-state index in [9.17, 15) is 14.7 Å². The number of oxime groups is 1. The van der Waals surface area contributed by atoms with Crippen LogP contribution in [0.5, 0.6) is 5.75 Å². The second kappa shape index (κ2) is 10.1. The van der Waals surface area contributed by atoms with Crippen molar-refractivity contribution in [3.63, 3.8) is 0 Å². The van der Waals surface area contributed by atoms with Crippen LogP contribution in [0.1, 0.15) is 93.6 Å². The molecule has 1 aromatic rings. The van der Waals surface area contributed by atoms with Gasteiger partial charge in [-0.05, 0) is 106 Å². The quantitative estimate of drug-likeness (QED) is 0.388. The van der Waals surface area contributed by atoms with Crippen LogP contribution < -0.4 is 15.4 Å². The first-order valence-corrected chi connectivity index (χ1v) is 16.7. The van der Waals surface area contributed by atoms with Gasteiger partial charge < -0.3 is 25.3 Å². The van der Waals surface area contributed by atoms with Crippen LogP contribution in [-0.4, -0.2) is 53.5 Å². The molecule has 7 aliphatic rings. The molecule has 2 bridgehead atoms. The largest absolute Gasteiger partial charge is 0.489 e. The highest BCUT2D eigenvalue weighted by atomic mass is 16.6. The van der Waals surface area contributed by atoms with Crippen molar-refractivity contribution < 1.29 is 24.3 Å². The highest BCUT2D eigenvalue weighted by Crippen LogP contribution is 2.55. The molecule has 2 heterocycles. The van der Waals surface area contributed by atoms with E-state index >= 15 is 0 Å². The maximum Gasteiger partial charge on any atom is 0.255 e. The molecule has 2 amide bonds. The minimum atomic E-state index is -0.254. The summed E-state index contributed by atoms with van der Waals surface area (Å²) in [6.07, 6.45) is 11.6. The number of allylic oxidation sites excluding steroid dienone is 1. The fourth-order valence-electron chi connectivity index (χ4n) is 8.86. The van der Waals surface area contributed by atoms with Crippen molar-refractivity contribution in [1.29, 1.82) is 0 Å². The fourth-order valence-corrected chi connectivity index (χ4v) is 8.86. The molecule has 5 fully saturated rings. The van der Waals surface area contributed by atoms with Gasteiger partial charge in [-0.3, -0.25) is 9.59 Å². The molecule has 230 valence electrons. The number of nitrogens with zero attached hydrogens (tertiary/aromatic N) is 1. The maximum absolute atomic E-state index is 14.3. The third kappa shape index (κ3) is 4.70. The number of nitrogens with one attached hydrogen (secondary N) is 2. The molecule has 8 heteroatoms. The van der Waals surface area contributed by atoms with Crippen molar-refractivity contribution in [2.24, 2.45) is 46.1 Å². The lowest BCUT2D eigenvalue weighted by molar-refractivity contribution is -0.128. The first-order chi connectivity index (χ1) is 20.7. The van der Waals surface area contributed by atoms with E-state index in [-0.39, 0.29) is 77.7 Å². The van der Waals surface area contributed by atoms with E-state index in [0.717, 1.165) is 61.8 Å². The third-order valence-corrected chi connectivity index (χ3v) is 12.0. The number of hydrogen-bond acceptors (Lipinski definition) is 6. The number of ether oxygens (including phenoxy) is 1. The van der Waals surface area contributed by atoms with Crippen LogP contribution in [0.25, 0.3) is 0 Å². The smallest absolute Gasteiger partial charge is 0.255 e. The molecule has 8 rings (SSSR count). The number of carbonyl (C=O) groups is 2. The van der Waals surface area contributed by atoms with Gasteiger partial charge in [0.05, 0.1) is 17.2 Å². The van der Waals surface area contributed by atoms with Gasteiger partial charge in [-0.15, -0.1) is 0 Å². The maximum atomic E-state index is 14.3. The lowest BCUT2D eigenvalue weighted by Gasteiger charge is -2.32. The minimum Gasteiger partial charge on any atom is -0.489 e. The fraction of sp³-hybridized carbons (Fsp3) is 0.686. The second-order valence-corrected chi connectivity index (χ2v) is 15.1. The van der Waals surface area contributed by atoms with Crippen molar-refractivity contribution >= 4 is 17.5 Å². The number of hydrogen-bond donors (Lipinski definition) is 3. The summed E-state index contributed by atoms with van der Waals surface area (Å²) in [7, 11) is 0. The van der Waals surface area contributed by atoms with Crippen molar-refractivity contribution in [3.8, 4) is 5.75 Å². The molecule has 8 nitrogen and oxygen atoms in total. The van der Waals surface area contributed by atoms with Crippen LogP contribution in [0.15, 0.2) is 28.9 Å². The standard InChI is InChI=1S/C35H45N3O5/c1-17-10-22-14-21(30-26-12-20(16-39)13-28(26)43-38-30)15-27(32(22)42-17)33(40)37-31-24-7-6-23(25(24)11-19-4-5-19)29(31)34(41)36-18(2)35(3)8-9-35/h11,14-15,17-20,23-24,26,28-29,31,39H,4-10,12-13,16H2,1-3H3,(H,36,41)(H,37,40)/b25-11-/t17?,18-,20?,23+,24-,26?,28?,29+,31-/m1/s1. The molecular weight excluding hydrogens is 542 g/mol. The van der Waals surface area contributed by atoms with Gasteiger partial charge in [0.25, 0.3) is 5.91 Å². The number of fused-ring (bicyclic) bond motifs is 4. The van der Waals surface area contributed by atoms with Gasteiger partial charge in [0.2, 0.25) is 5.91 Å². The Balaban J connectivity index is 1.09. The Morgan fingerprint density at radius 3 is 2.67 bits per heavy atom. The Morgan fingerprint density at radius 1 is 1.14 bits per heavy atom. The van der Waals surface area contributed by atoms with Crippen LogP contribution >= 0.6 is 0 Å². The normalized spacial score (nSPS) is 37.8. The summed E-state index contributed by atoms with van der Waals surface area (Å²) in [5.74, 6) is 1.68. The molecular formula is C35H45N3O5. The van der Waals surface area contributed by atoms with Crippen LogP contribution in [-0.2, 0) is 16.1 Å². The van der Waals surface area contributed by atoms with E-state index in [1.54, 1.807) is 0 Å². The highest BCUT2D eigenvalue weighted by Gasteiger charge is 2.56. The van der Waals surface area contributed by atoms with Gasteiger partial charge >= 0.3 is 0 Å². The van der Waals surface area contributed by atoms with E-state index in [2.05, 4.69) is 41.8 Å². The number of aliphatic hydroxyl groups is 1. The molecule has 0 radical (unpaired) electrons. The molecule has 5 saturated carbocycles. The molecule has 0 saturated heterocycles. The summed E-state index contributed by atoms with van der Waals surface area (Å²) in [4.78, 5) is 34.0. The Hall–Kier alpha value is -2.87. The summed E-state index contributed by atoms with van der Waals surface area (Å²) in [6.45, 7) is 6.57. The lowest BCUT2D eigenvalue weighted by atomic mass is 9.83. The molecule has 0 spiro atoms. The molecule has 0 aromatic heterocycles. The summed E-state index contributed by atoms with van der Waals surface area (Å²) < 4.78 is 6.22. The van der Waals surface area contributed by atoms with Gasteiger partial charge in [-0.25, -0.2) is 0 Å². The van der Waals surface area contributed by atoms with Gasteiger partial charge in [-0.2, -0.15) is 0 Å². The number of carbonyl (C=O) groups excluding carboxylic acids is 2. The first kappa shape index (κ1) is 27.7. The Labute approximate surface area is 254 Å². The lowest BCUT2D eigenvalue weighted by Crippen LogP contribution is -2.52. The van der Waals surface area contributed by atoms with Gasteiger partial charge in [-0.1, -0.05) is 23.7 Å². The molecule has 1 aromatic carbocycles. The number of aliphatic hydroxyl groups excluding tert-OH is 1. The summed E-state index contributed by atoms with van der Waals surface area (Å²) in [5, 5.41) is 21.0. The predicted molar refractivity (Wildman–Crippen MR) is 162 cm³/mol. The highest BCUT2D eigenvalue weighted by molar-refractivity contribution is 6.07. The van der Waals surface area contributed by atoms with E-state index < -0.39 is 0 Å². The van der Waals surface area contributed by atoms with Gasteiger partial charge in [0.1, 0.15) is 18.0 Å². The van der Waals surface area contributed by atoms with Crippen LogP contribution in [0.2, 0.25) is 0 Å². The summed E-state index contributed by atoms with van der Waals surface area (Å²) >= 11 is 0. The van der Waals surface area contributed by atoms with Crippen molar-refractivity contribution in [2.75, 3.05) is 6.61 Å². The predicted octanol–water partition coefficient (Wildman–Crippen LogP) is 4.53. The second-order valence-electron chi connectivity index (χ2n) is 15.1. The topological polar surface area (TPSA) is 109 Å². The van der Waals surface area contributed by atoms with Gasteiger partial charge in [0, 0.05) is 42.5 Å². The Morgan fingerprint density at radius 2 is 1.93 bits per heavy atom. The van der Waals surface area contributed by atoms with Crippen molar-refractivity contribution in [3.05, 3.63) is 40.5 Å². The third-order valence-electron chi connectivity index (χ3n) is 12.0. The summed E-state index contributed by atoms with van der Waals surface area (Å²) in [5.41, 5.74) is 4.90. The molecule has 43 heavy (non-hydrogen) atoms. The number of rotatable bonds is 8. The molecule has 5 aliphatic carbocycles. The average molecular weight is 588 g/mol. The summed E-state index contributed by atoms with van der Waals surface area (Å²) in [6, 6.07) is 3.92. The Kier molecular flexibility index (Phi) is 6.48.